The molecule has 1 aromatic carbocycles. The zero-order chi connectivity index (χ0) is 11.0. The normalized spacial score (nSPS) is 10.8. The molecule has 0 spiro atoms. The quantitative estimate of drug-likeness (QED) is 0.605. The van der Waals surface area contributed by atoms with Crippen molar-refractivity contribution in [2.75, 3.05) is 0 Å². The molecule has 0 aliphatic carbocycles. The van der Waals surface area contributed by atoms with Gasteiger partial charge in [-0.1, -0.05) is 36.4 Å². The molecule has 3 heteroatoms. The molecule has 16 heavy (non-hydrogen) atoms. The van der Waals surface area contributed by atoms with Crippen molar-refractivity contribution in [3.05, 3.63) is 60.5 Å². The lowest BCUT2D eigenvalue weighted by atomic mass is 10.1. The molecule has 2 aromatic heterocycles. The zero-order valence-corrected chi connectivity index (χ0v) is 8.47. The van der Waals surface area contributed by atoms with Gasteiger partial charge in [-0.3, -0.25) is 0 Å². The van der Waals surface area contributed by atoms with Gasteiger partial charge in [0.1, 0.15) is 11.2 Å². The lowest BCUT2D eigenvalue weighted by molar-refractivity contribution is 0.642. The van der Waals surface area contributed by atoms with Crippen LogP contribution in [0, 0.1) is 5.82 Å². The Morgan fingerprint density at radius 1 is 0.938 bits per heavy atom. The molecule has 0 N–H and O–H groups in total. The Labute approximate surface area is 92.0 Å². The van der Waals surface area contributed by atoms with Crippen LogP contribution in [0.5, 0.6) is 0 Å². The van der Waals surface area contributed by atoms with Crippen LogP contribution in [0.15, 0.2) is 54.7 Å². The van der Waals surface area contributed by atoms with E-state index in [4.69, 9.17) is 0 Å². The van der Waals surface area contributed by atoms with Crippen molar-refractivity contribution in [1.29, 1.82) is 0 Å². The molecule has 0 aliphatic heterocycles. The smallest absolute Gasteiger partial charge is 0.176 e. The summed E-state index contributed by atoms with van der Waals surface area (Å²) in [5, 5.41) is 4.22. The van der Waals surface area contributed by atoms with Gasteiger partial charge in [0.2, 0.25) is 0 Å². The van der Waals surface area contributed by atoms with E-state index in [0.717, 1.165) is 5.56 Å². The summed E-state index contributed by atoms with van der Waals surface area (Å²) in [5.41, 5.74) is 1.69. The molecule has 0 saturated carbocycles. The van der Waals surface area contributed by atoms with E-state index >= 15 is 0 Å². The first-order valence-electron chi connectivity index (χ1n) is 5.04. The van der Waals surface area contributed by atoms with Gasteiger partial charge >= 0.3 is 0 Å². The minimum atomic E-state index is -0.271. The number of pyridine rings is 1. The molecule has 2 heterocycles. The van der Waals surface area contributed by atoms with Crippen molar-refractivity contribution in [3.8, 4) is 11.3 Å². The van der Waals surface area contributed by atoms with Gasteiger partial charge in [-0.2, -0.15) is 5.10 Å². The molecule has 0 atom stereocenters. The first-order chi connectivity index (χ1) is 7.86. The fourth-order valence-electron chi connectivity index (χ4n) is 1.75. The zero-order valence-electron chi connectivity index (χ0n) is 8.47. The maximum Gasteiger partial charge on any atom is 0.176 e. The summed E-state index contributed by atoms with van der Waals surface area (Å²) < 4.78 is 15.6. The number of hydrogen-bond donors (Lipinski definition) is 0. The van der Waals surface area contributed by atoms with Gasteiger partial charge in [0.05, 0.1) is 0 Å². The van der Waals surface area contributed by atoms with E-state index in [1.54, 1.807) is 22.8 Å². The molecule has 0 radical (unpaired) electrons. The van der Waals surface area contributed by atoms with Crippen molar-refractivity contribution in [2.24, 2.45) is 0 Å². The van der Waals surface area contributed by atoms with Gasteiger partial charge < -0.3 is 0 Å². The third-order valence-electron chi connectivity index (χ3n) is 2.53. The van der Waals surface area contributed by atoms with E-state index in [1.165, 1.54) is 0 Å². The fraction of sp³-hybridized carbons (Fsp3) is 0. The summed E-state index contributed by atoms with van der Waals surface area (Å²) in [6.45, 7) is 0. The Kier molecular flexibility index (Phi) is 1.96. The number of rotatable bonds is 1. The lowest BCUT2D eigenvalue weighted by Crippen LogP contribution is -1.84. The highest BCUT2D eigenvalue weighted by molar-refractivity contribution is 5.67. The highest BCUT2D eigenvalue weighted by Crippen LogP contribution is 2.23. The predicted molar refractivity (Wildman–Crippen MR) is 60.6 cm³/mol. The number of halogens is 1. The largest absolute Gasteiger partial charge is 0.237 e. The van der Waals surface area contributed by atoms with Gasteiger partial charge in [0, 0.05) is 11.8 Å². The number of aromatic nitrogens is 2. The Hall–Kier alpha value is -2.16. The molecule has 0 amide bonds. The van der Waals surface area contributed by atoms with E-state index in [0.29, 0.717) is 11.2 Å². The highest BCUT2D eigenvalue weighted by Gasteiger charge is 2.12. The molecule has 0 bridgehead atoms. The van der Waals surface area contributed by atoms with Crippen LogP contribution >= 0.6 is 0 Å². The third kappa shape index (κ3) is 1.29. The molecule has 0 aliphatic rings. The standard InChI is InChI=1S/C13H9FN2/c14-12-11-8-4-5-9-16(11)15-13(12)10-6-2-1-3-7-10/h1-9H. The van der Waals surface area contributed by atoms with E-state index in [2.05, 4.69) is 5.10 Å². The molecule has 3 aromatic rings. The molecule has 3 rings (SSSR count). The van der Waals surface area contributed by atoms with E-state index in [9.17, 15) is 4.39 Å². The van der Waals surface area contributed by atoms with Crippen LogP contribution in [-0.2, 0) is 0 Å². The minimum absolute atomic E-state index is 0.271. The molecular weight excluding hydrogens is 203 g/mol. The van der Waals surface area contributed by atoms with Crippen LogP contribution in [-0.4, -0.2) is 9.61 Å². The second-order valence-corrected chi connectivity index (χ2v) is 3.56. The van der Waals surface area contributed by atoms with E-state index < -0.39 is 0 Å². The van der Waals surface area contributed by atoms with Gasteiger partial charge in [-0.15, -0.1) is 0 Å². The Morgan fingerprint density at radius 3 is 2.44 bits per heavy atom. The SMILES string of the molecule is Fc1c(-c2ccccc2)nn2ccccc12. The average Bonchev–Trinajstić information content (AvgIpc) is 2.69. The van der Waals surface area contributed by atoms with Crippen molar-refractivity contribution >= 4 is 5.52 Å². The van der Waals surface area contributed by atoms with Crippen LogP contribution in [0.3, 0.4) is 0 Å². The number of fused-ring (bicyclic) bond motifs is 1. The summed E-state index contributed by atoms with van der Waals surface area (Å²) in [5.74, 6) is -0.271. The van der Waals surface area contributed by atoms with Gasteiger partial charge in [0.25, 0.3) is 0 Å². The van der Waals surface area contributed by atoms with Crippen LogP contribution in [0.2, 0.25) is 0 Å². The van der Waals surface area contributed by atoms with E-state index in [-0.39, 0.29) is 5.82 Å². The van der Waals surface area contributed by atoms with Crippen LogP contribution < -0.4 is 0 Å². The van der Waals surface area contributed by atoms with Crippen molar-refractivity contribution in [3.63, 3.8) is 0 Å². The number of nitrogens with zero attached hydrogens (tertiary/aromatic N) is 2. The molecule has 0 fully saturated rings. The van der Waals surface area contributed by atoms with Crippen LogP contribution in [0.25, 0.3) is 16.8 Å². The topological polar surface area (TPSA) is 17.3 Å². The molecule has 0 unspecified atom stereocenters. The summed E-state index contributed by atoms with van der Waals surface area (Å²) in [4.78, 5) is 0. The maximum absolute atomic E-state index is 14.0. The molecule has 0 saturated heterocycles. The third-order valence-corrected chi connectivity index (χ3v) is 2.53. The molecule has 78 valence electrons. The fourth-order valence-corrected chi connectivity index (χ4v) is 1.75. The Balaban J connectivity index is 2.29. The van der Waals surface area contributed by atoms with Gasteiger partial charge in [-0.05, 0) is 12.1 Å². The maximum atomic E-state index is 14.0. The van der Waals surface area contributed by atoms with Crippen molar-refractivity contribution < 1.29 is 4.39 Å². The second kappa shape index (κ2) is 3.45. The second-order valence-electron chi connectivity index (χ2n) is 3.56. The lowest BCUT2D eigenvalue weighted by Gasteiger charge is -1.94. The summed E-state index contributed by atoms with van der Waals surface area (Å²) in [6, 6.07) is 14.7. The number of benzene rings is 1. The monoisotopic (exact) mass is 212 g/mol. The molecule has 2 nitrogen and oxygen atoms in total. The number of hydrogen-bond acceptors (Lipinski definition) is 1. The van der Waals surface area contributed by atoms with Gasteiger partial charge in [-0.25, -0.2) is 8.91 Å². The molecular formula is C13H9FN2. The van der Waals surface area contributed by atoms with Crippen molar-refractivity contribution in [1.82, 2.24) is 9.61 Å². The first-order valence-corrected chi connectivity index (χ1v) is 5.04. The summed E-state index contributed by atoms with van der Waals surface area (Å²) >= 11 is 0. The van der Waals surface area contributed by atoms with E-state index in [1.807, 2.05) is 36.4 Å². The minimum Gasteiger partial charge on any atom is -0.237 e. The Morgan fingerprint density at radius 2 is 1.69 bits per heavy atom. The summed E-state index contributed by atoms with van der Waals surface area (Å²) in [7, 11) is 0. The van der Waals surface area contributed by atoms with Gasteiger partial charge in [0.15, 0.2) is 5.82 Å². The average molecular weight is 212 g/mol. The predicted octanol–water partition coefficient (Wildman–Crippen LogP) is 3.14. The highest BCUT2D eigenvalue weighted by atomic mass is 19.1. The first kappa shape index (κ1) is 9.09. The van der Waals surface area contributed by atoms with Crippen LogP contribution in [0.4, 0.5) is 4.39 Å². The summed E-state index contributed by atoms with van der Waals surface area (Å²) in [6.07, 6.45) is 1.74. The Bertz CT molecular complexity index is 629. The van der Waals surface area contributed by atoms with Crippen molar-refractivity contribution in [2.45, 2.75) is 0 Å². The van der Waals surface area contributed by atoms with Crippen LogP contribution in [0.1, 0.15) is 0 Å².